The summed E-state index contributed by atoms with van der Waals surface area (Å²) in [6.07, 6.45) is 14.8. The molecule has 0 N–H and O–H groups in total. The maximum absolute atomic E-state index is 12.4. The first-order valence-electron chi connectivity index (χ1n) is 8.74. The van der Waals surface area contributed by atoms with Gasteiger partial charge in [-0.15, -0.1) is 0 Å². The van der Waals surface area contributed by atoms with E-state index in [4.69, 9.17) is 0 Å². The van der Waals surface area contributed by atoms with Gasteiger partial charge in [-0.1, -0.05) is 26.0 Å². The fourth-order valence-electron chi connectivity index (χ4n) is 6.61. The third kappa shape index (κ3) is 1.53. The van der Waals surface area contributed by atoms with Gasteiger partial charge in [0.2, 0.25) is 0 Å². The van der Waals surface area contributed by atoms with Crippen molar-refractivity contribution >= 4 is 5.78 Å². The van der Waals surface area contributed by atoms with E-state index in [-0.39, 0.29) is 5.41 Å². The lowest BCUT2D eigenvalue weighted by Crippen LogP contribution is -2.52. The van der Waals surface area contributed by atoms with Crippen LogP contribution >= 0.6 is 0 Å². The molecule has 3 saturated carbocycles. The zero-order chi connectivity index (χ0) is 14.0. The van der Waals surface area contributed by atoms with E-state index >= 15 is 0 Å². The van der Waals surface area contributed by atoms with Gasteiger partial charge in [-0.05, 0) is 74.0 Å². The van der Waals surface area contributed by atoms with Gasteiger partial charge in [0.05, 0.1) is 0 Å². The first kappa shape index (κ1) is 13.1. The van der Waals surface area contributed by atoms with Gasteiger partial charge in [-0.2, -0.15) is 0 Å². The maximum Gasteiger partial charge on any atom is 0.139 e. The van der Waals surface area contributed by atoms with Gasteiger partial charge >= 0.3 is 0 Å². The molecule has 0 heterocycles. The summed E-state index contributed by atoms with van der Waals surface area (Å²) in [5.41, 5.74) is 0.583. The molecule has 0 aromatic heterocycles. The van der Waals surface area contributed by atoms with Crippen LogP contribution in [-0.4, -0.2) is 5.78 Å². The van der Waals surface area contributed by atoms with Crippen molar-refractivity contribution in [2.24, 2.45) is 34.5 Å². The van der Waals surface area contributed by atoms with E-state index in [9.17, 15) is 4.79 Å². The Labute approximate surface area is 123 Å². The van der Waals surface area contributed by atoms with Crippen molar-refractivity contribution < 1.29 is 4.79 Å². The molecule has 0 amide bonds. The first-order chi connectivity index (χ1) is 9.56. The average Bonchev–Trinajstić information content (AvgIpc) is 2.74. The second-order valence-corrected chi connectivity index (χ2v) is 8.49. The van der Waals surface area contributed by atoms with Gasteiger partial charge in [0.15, 0.2) is 0 Å². The van der Waals surface area contributed by atoms with Gasteiger partial charge in [0.1, 0.15) is 5.78 Å². The van der Waals surface area contributed by atoms with Crippen molar-refractivity contribution in [3.63, 3.8) is 0 Å². The Bertz CT molecular complexity index is 464. The molecule has 2 unspecified atom stereocenters. The molecule has 4 rings (SSSR count). The molecule has 110 valence electrons. The van der Waals surface area contributed by atoms with E-state index in [1.165, 1.54) is 44.9 Å². The van der Waals surface area contributed by atoms with E-state index in [0.717, 1.165) is 24.2 Å². The minimum atomic E-state index is 0.0505. The van der Waals surface area contributed by atoms with Crippen molar-refractivity contribution in [2.75, 3.05) is 0 Å². The van der Waals surface area contributed by atoms with Crippen LogP contribution < -0.4 is 0 Å². The molecular formula is C19H28O. The number of rotatable bonds is 0. The monoisotopic (exact) mass is 272 g/mol. The molecule has 6 atom stereocenters. The molecule has 4 aliphatic rings. The van der Waals surface area contributed by atoms with Gasteiger partial charge in [-0.25, -0.2) is 0 Å². The van der Waals surface area contributed by atoms with E-state index in [1.54, 1.807) is 0 Å². The molecule has 0 aliphatic heterocycles. The quantitative estimate of drug-likeness (QED) is 0.581. The van der Waals surface area contributed by atoms with Crippen LogP contribution in [0.5, 0.6) is 0 Å². The zero-order valence-electron chi connectivity index (χ0n) is 13.0. The second-order valence-electron chi connectivity index (χ2n) is 8.49. The molecule has 20 heavy (non-hydrogen) atoms. The predicted molar refractivity (Wildman–Crippen MR) is 81.3 cm³/mol. The number of hydrogen-bond acceptors (Lipinski definition) is 1. The van der Waals surface area contributed by atoms with E-state index in [1.807, 2.05) is 0 Å². The number of fused-ring (bicyclic) bond motifs is 5. The Hall–Kier alpha value is -0.590. The molecule has 3 fully saturated rings. The first-order valence-corrected chi connectivity index (χ1v) is 8.74. The number of allylic oxidation sites excluding steroid dienone is 2. The third-order valence-electron chi connectivity index (χ3n) is 7.92. The summed E-state index contributed by atoms with van der Waals surface area (Å²) in [4.78, 5) is 12.4. The van der Waals surface area contributed by atoms with E-state index < -0.39 is 0 Å². The summed E-state index contributed by atoms with van der Waals surface area (Å²) < 4.78 is 0. The van der Waals surface area contributed by atoms with E-state index in [0.29, 0.717) is 17.1 Å². The van der Waals surface area contributed by atoms with Crippen LogP contribution in [-0.2, 0) is 4.79 Å². The summed E-state index contributed by atoms with van der Waals surface area (Å²) in [6.45, 7) is 4.86. The lowest BCUT2D eigenvalue weighted by atomic mass is 9.46. The molecule has 4 aliphatic carbocycles. The van der Waals surface area contributed by atoms with Crippen LogP contribution in [0, 0.1) is 34.5 Å². The largest absolute Gasteiger partial charge is 0.299 e. The molecule has 0 spiro atoms. The zero-order valence-corrected chi connectivity index (χ0v) is 13.0. The number of carbonyl (C=O) groups is 1. The molecule has 0 aromatic carbocycles. The Morgan fingerprint density at radius 2 is 1.90 bits per heavy atom. The van der Waals surface area contributed by atoms with Crippen LogP contribution in [0.1, 0.15) is 65.2 Å². The van der Waals surface area contributed by atoms with Crippen LogP contribution in [0.25, 0.3) is 0 Å². The number of hydrogen-bond donors (Lipinski definition) is 0. The molecule has 0 saturated heterocycles. The summed E-state index contributed by atoms with van der Waals surface area (Å²) in [5.74, 6) is 3.92. The molecule has 0 bridgehead atoms. The van der Waals surface area contributed by atoms with Gasteiger partial charge in [-0.3, -0.25) is 4.79 Å². The van der Waals surface area contributed by atoms with Crippen molar-refractivity contribution in [1.29, 1.82) is 0 Å². The van der Waals surface area contributed by atoms with Crippen LogP contribution in [0.4, 0.5) is 0 Å². The smallest absolute Gasteiger partial charge is 0.139 e. The summed E-state index contributed by atoms with van der Waals surface area (Å²) in [6, 6.07) is 0. The van der Waals surface area contributed by atoms with Crippen LogP contribution in [0.2, 0.25) is 0 Å². The molecular weight excluding hydrogens is 244 g/mol. The fraction of sp³-hybridized carbons (Fsp3) is 0.842. The third-order valence-corrected chi connectivity index (χ3v) is 7.92. The van der Waals surface area contributed by atoms with Gasteiger partial charge in [0.25, 0.3) is 0 Å². The minimum absolute atomic E-state index is 0.0505. The normalized spacial score (nSPS) is 54.2. The number of ketones is 1. The molecule has 1 heteroatoms. The van der Waals surface area contributed by atoms with Gasteiger partial charge in [0, 0.05) is 11.8 Å². The predicted octanol–water partition coefficient (Wildman–Crippen LogP) is 4.76. The lowest BCUT2D eigenvalue weighted by molar-refractivity contribution is -0.136. The van der Waals surface area contributed by atoms with Crippen LogP contribution in [0.3, 0.4) is 0 Å². The minimum Gasteiger partial charge on any atom is -0.299 e. The number of Topliss-reactive ketones (excluding diaryl/α,β-unsaturated/α-hetero) is 1. The molecule has 0 aromatic rings. The SMILES string of the molecule is C[C@]12CC=CCC1CC[C@@H]1C2CC[C@]2(C)C(=O)CC[C@@H]12. The van der Waals surface area contributed by atoms with Crippen molar-refractivity contribution in [3.8, 4) is 0 Å². The lowest BCUT2D eigenvalue weighted by Gasteiger charge is -2.58. The highest BCUT2D eigenvalue weighted by Gasteiger charge is 2.59. The Morgan fingerprint density at radius 3 is 2.75 bits per heavy atom. The molecule has 1 nitrogen and oxygen atoms in total. The highest BCUT2D eigenvalue weighted by molar-refractivity contribution is 5.87. The highest BCUT2D eigenvalue weighted by atomic mass is 16.1. The Kier molecular flexibility index (Phi) is 2.76. The van der Waals surface area contributed by atoms with Gasteiger partial charge < -0.3 is 0 Å². The van der Waals surface area contributed by atoms with E-state index in [2.05, 4.69) is 26.0 Å². The summed E-state index contributed by atoms with van der Waals surface area (Å²) in [7, 11) is 0. The standard InChI is InChI=1S/C19H28O/c1-18-11-4-3-5-13(18)6-7-14-15-8-9-17(20)19(15,2)12-10-16(14)18/h3-4,13-16H,5-12H2,1-2H3/t13?,14-,15-,16?,18-,19-/m0/s1. The molecule has 0 radical (unpaired) electrons. The maximum atomic E-state index is 12.4. The van der Waals surface area contributed by atoms with Crippen LogP contribution in [0.15, 0.2) is 12.2 Å². The average molecular weight is 272 g/mol. The fourth-order valence-corrected chi connectivity index (χ4v) is 6.61. The Morgan fingerprint density at radius 1 is 1.05 bits per heavy atom. The second kappa shape index (κ2) is 4.21. The topological polar surface area (TPSA) is 17.1 Å². The van der Waals surface area contributed by atoms with Crippen molar-refractivity contribution in [1.82, 2.24) is 0 Å². The summed E-state index contributed by atoms with van der Waals surface area (Å²) >= 11 is 0. The van der Waals surface area contributed by atoms with Crippen molar-refractivity contribution in [3.05, 3.63) is 12.2 Å². The number of carbonyl (C=O) groups excluding carboxylic acids is 1. The summed E-state index contributed by atoms with van der Waals surface area (Å²) in [5, 5.41) is 0. The van der Waals surface area contributed by atoms with Crippen molar-refractivity contribution in [2.45, 2.75) is 65.2 Å². The Balaban J connectivity index is 1.68. The highest BCUT2D eigenvalue weighted by Crippen LogP contribution is 2.64.